The molecule has 0 saturated carbocycles. The van der Waals surface area contributed by atoms with Crippen LogP contribution in [-0.2, 0) is 6.42 Å². The minimum absolute atomic E-state index is 0.0725. The number of ether oxygens (including phenoxy) is 1. The molecule has 1 aromatic heterocycles. The zero-order chi connectivity index (χ0) is 10.8. The Bertz CT molecular complexity index is 494. The Hall–Kier alpha value is -1.77. The summed E-state index contributed by atoms with van der Waals surface area (Å²) in [6.45, 7) is 1.99. The van der Waals surface area contributed by atoms with Gasteiger partial charge in [-0.3, -0.25) is 0 Å². The molecular formula is C12H13NO2. The van der Waals surface area contributed by atoms with Crippen molar-refractivity contribution in [2.24, 2.45) is 0 Å². The molecule has 0 bridgehead atoms. The second-order valence-corrected chi connectivity index (χ2v) is 3.31. The van der Waals surface area contributed by atoms with Gasteiger partial charge in [-0.15, -0.1) is 0 Å². The molecule has 0 atom stereocenters. The van der Waals surface area contributed by atoms with Gasteiger partial charge < -0.3 is 9.84 Å². The molecule has 3 nitrogen and oxygen atoms in total. The van der Waals surface area contributed by atoms with Gasteiger partial charge in [0, 0.05) is 10.8 Å². The van der Waals surface area contributed by atoms with Crippen LogP contribution >= 0.6 is 0 Å². The van der Waals surface area contributed by atoms with Gasteiger partial charge in [-0.25, -0.2) is 4.98 Å². The summed E-state index contributed by atoms with van der Waals surface area (Å²) < 4.78 is 5.33. The summed E-state index contributed by atoms with van der Waals surface area (Å²) >= 11 is 0. The fourth-order valence-electron chi connectivity index (χ4n) is 1.74. The molecule has 0 fully saturated rings. The number of aryl methyl sites for hydroxylation is 1. The maximum absolute atomic E-state index is 9.74. The van der Waals surface area contributed by atoms with Crippen LogP contribution in [0.5, 0.6) is 11.6 Å². The van der Waals surface area contributed by atoms with Crippen molar-refractivity contribution in [3.05, 3.63) is 30.0 Å². The Morgan fingerprint density at radius 2 is 1.93 bits per heavy atom. The van der Waals surface area contributed by atoms with Gasteiger partial charge in [0.2, 0.25) is 5.88 Å². The number of nitrogens with zero attached hydrogens (tertiary/aromatic N) is 1. The summed E-state index contributed by atoms with van der Waals surface area (Å²) in [6, 6.07) is 7.55. The van der Waals surface area contributed by atoms with E-state index in [1.165, 1.54) is 0 Å². The van der Waals surface area contributed by atoms with Crippen molar-refractivity contribution in [1.82, 2.24) is 4.98 Å². The third-order valence-corrected chi connectivity index (χ3v) is 2.45. The minimum atomic E-state index is 0.0725. The molecule has 0 radical (unpaired) electrons. The van der Waals surface area contributed by atoms with Crippen molar-refractivity contribution in [2.45, 2.75) is 13.3 Å². The van der Waals surface area contributed by atoms with Gasteiger partial charge in [0.15, 0.2) is 0 Å². The number of aromatic hydroxyl groups is 1. The average molecular weight is 203 g/mol. The number of rotatable bonds is 2. The molecule has 0 spiro atoms. The lowest BCUT2D eigenvalue weighted by Gasteiger charge is -2.10. The third kappa shape index (κ3) is 1.50. The highest BCUT2D eigenvalue weighted by Gasteiger charge is 2.11. The summed E-state index contributed by atoms with van der Waals surface area (Å²) in [6.07, 6.45) is 0.738. The van der Waals surface area contributed by atoms with Gasteiger partial charge >= 0.3 is 0 Å². The lowest BCUT2D eigenvalue weighted by molar-refractivity contribution is 0.406. The summed E-state index contributed by atoms with van der Waals surface area (Å²) in [5.41, 5.74) is 0.786. The predicted molar refractivity (Wildman–Crippen MR) is 59.3 cm³/mol. The Balaban J connectivity index is 2.85. The molecule has 0 aliphatic heterocycles. The highest BCUT2D eigenvalue weighted by atomic mass is 16.5. The second kappa shape index (κ2) is 3.77. The SMILES string of the molecule is CCc1nc(O)c2ccccc2c1OC. The van der Waals surface area contributed by atoms with Crippen LogP contribution in [0.1, 0.15) is 12.6 Å². The van der Waals surface area contributed by atoms with Crippen LogP contribution < -0.4 is 4.74 Å². The van der Waals surface area contributed by atoms with Crippen LogP contribution in [0.25, 0.3) is 10.8 Å². The average Bonchev–Trinajstić information content (AvgIpc) is 2.29. The second-order valence-electron chi connectivity index (χ2n) is 3.31. The number of benzene rings is 1. The summed E-state index contributed by atoms with van der Waals surface area (Å²) in [7, 11) is 1.62. The molecule has 0 amide bonds. The zero-order valence-electron chi connectivity index (χ0n) is 8.82. The van der Waals surface area contributed by atoms with E-state index < -0.39 is 0 Å². The number of pyridine rings is 1. The quantitative estimate of drug-likeness (QED) is 0.815. The molecule has 0 unspecified atom stereocenters. The van der Waals surface area contributed by atoms with E-state index in [4.69, 9.17) is 4.74 Å². The van der Waals surface area contributed by atoms with Gasteiger partial charge in [-0.2, -0.15) is 0 Å². The largest absolute Gasteiger partial charge is 0.494 e. The van der Waals surface area contributed by atoms with Crippen molar-refractivity contribution >= 4 is 10.8 Å². The van der Waals surface area contributed by atoms with Crippen LogP contribution in [0.2, 0.25) is 0 Å². The van der Waals surface area contributed by atoms with Gasteiger partial charge in [-0.05, 0) is 12.5 Å². The lowest BCUT2D eigenvalue weighted by atomic mass is 10.1. The molecule has 0 saturated heterocycles. The maximum Gasteiger partial charge on any atom is 0.219 e. The Morgan fingerprint density at radius 3 is 2.53 bits per heavy atom. The summed E-state index contributed by atoms with van der Waals surface area (Å²) in [5, 5.41) is 11.4. The first-order chi connectivity index (χ1) is 7.27. The maximum atomic E-state index is 9.74. The minimum Gasteiger partial charge on any atom is -0.494 e. The van der Waals surface area contributed by atoms with E-state index in [0.29, 0.717) is 0 Å². The van der Waals surface area contributed by atoms with Gasteiger partial charge in [-0.1, -0.05) is 25.1 Å². The molecule has 3 heteroatoms. The molecule has 2 aromatic rings. The van der Waals surface area contributed by atoms with Crippen molar-refractivity contribution in [3.8, 4) is 11.6 Å². The van der Waals surface area contributed by atoms with Gasteiger partial charge in [0.25, 0.3) is 0 Å². The Labute approximate surface area is 88.3 Å². The number of methoxy groups -OCH3 is 1. The van der Waals surface area contributed by atoms with Crippen LogP contribution in [0.3, 0.4) is 0 Å². The van der Waals surface area contributed by atoms with E-state index in [0.717, 1.165) is 28.6 Å². The van der Waals surface area contributed by atoms with Gasteiger partial charge in [0.1, 0.15) is 5.75 Å². The van der Waals surface area contributed by atoms with Crippen LogP contribution in [0.15, 0.2) is 24.3 Å². The van der Waals surface area contributed by atoms with E-state index in [9.17, 15) is 5.11 Å². The fraction of sp³-hybridized carbons (Fsp3) is 0.250. The standard InChI is InChI=1S/C12H13NO2/c1-3-10-11(15-2)8-6-4-5-7-9(8)12(14)13-10/h4-7H,3H2,1-2H3,(H,13,14). The molecule has 0 aliphatic rings. The first kappa shape index (κ1) is 9.77. The van der Waals surface area contributed by atoms with E-state index >= 15 is 0 Å². The molecule has 0 aliphatic carbocycles. The molecular weight excluding hydrogens is 190 g/mol. The first-order valence-electron chi connectivity index (χ1n) is 4.92. The lowest BCUT2D eigenvalue weighted by Crippen LogP contribution is -1.96. The van der Waals surface area contributed by atoms with Crippen LogP contribution in [-0.4, -0.2) is 17.2 Å². The highest BCUT2D eigenvalue weighted by molar-refractivity contribution is 5.92. The van der Waals surface area contributed by atoms with Crippen molar-refractivity contribution in [1.29, 1.82) is 0 Å². The number of aromatic nitrogens is 1. The highest BCUT2D eigenvalue weighted by Crippen LogP contribution is 2.33. The molecule has 1 heterocycles. The van der Waals surface area contributed by atoms with E-state index in [1.807, 2.05) is 31.2 Å². The van der Waals surface area contributed by atoms with Crippen LogP contribution in [0, 0.1) is 0 Å². The van der Waals surface area contributed by atoms with E-state index in [2.05, 4.69) is 4.98 Å². The molecule has 78 valence electrons. The molecule has 1 aromatic carbocycles. The molecule has 1 N–H and O–H groups in total. The fourth-order valence-corrected chi connectivity index (χ4v) is 1.74. The Morgan fingerprint density at radius 1 is 1.27 bits per heavy atom. The molecule has 2 rings (SSSR count). The number of hydrogen-bond acceptors (Lipinski definition) is 3. The first-order valence-corrected chi connectivity index (χ1v) is 4.92. The van der Waals surface area contributed by atoms with E-state index in [-0.39, 0.29) is 5.88 Å². The zero-order valence-corrected chi connectivity index (χ0v) is 8.82. The monoisotopic (exact) mass is 203 g/mol. The van der Waals surface area contributed by atoms with Crippen molar-refractivity contribution in [2.75, 3.05) is 7.11 Å². The Kier molecular flexibility index (Phi) is 2.46. The van der Waals surface area contributed by atoms with Crippen molar-refractivity contribution in [3.63, 3.8) is 0 Å². The normalized spacial score (nSPS) is 10.5. The third-order valence-electron chi connectivity index (χ3n) is 2.45. The predicted octanol–water partition coefficient (Wildman–Crippen LogP) is 2.51. The number of hydrogen-bond donors (Lipinski definition) is 1. The van der Waals surface area contributed by atoms with Gasteiger partial charge in [0.05, 0.1) is 12.8 Å². The smallest absolute Gasteiger partial charge is 0.219 e. The summed E-state index contributed by atoms with van der Waals surface area (Å²) in [5.74, 6) is 0.828. The molecule has 15 heavy (non-hydrogen) atoms. The summed E-state index contributed by atoms with van der Waals surface area (Å²) in [4.78, 5) is 4.12. The van der Waals surface area contributed by atoms with E-state index in [1.54, 1.807) is 7.11 Å². The van der Waals surface area contributed by atoms with Crippen LogP contribution in [0.4, 0.5) is 0 Å². The van der Waals surface area contributed by atoms with Crippen molar-refractivity contribution < 1.29 is 9.84 Å². The number of fused-ring (bicyclic) bond motifs is 1. The topological polar surface area (TPSA) is 42.4 Å².